The molecule has 1 heterocycles. The number of benzene rings is 3. The standard InChI is InChI=1S/C31H33N5O5S/c1-20-27(31(40)36(35(20)2)22-10-6-5-7-11-22)34-30(39)26(18-19-42-4)33-29(38)24-12-8-9-13-25(24)32-28(37)21-14-16-23(41-3)17-15-21/h5-17,26H,18-19H2,1-4H3,(H,32,37)(H,33,38)(H,34,39)/t26-/m0/s1. The van der Waals surface area contributed by atoms with Crippen LogP contribution in [0.15, 0.2) is 83.7 Å². The van der Waals surface area contributed by atoms with Crippen LogP contribution in [-0.4, -0.2) is 52.2 Å². The van der Waals surface area contributed by atoms with Gasteiger partial charge in [-0.25, -0.2) is 4.68 Å². The largest absolute Gasteiger partial charge is 0.497 e. The Morgan fingerprint density at radius 1 is 0.905 bits per heavy atom. The van der Waals surface area contributed by atoms with Gasteiger partial charge in [-0.3, -0.25) is 23.9 Å². The fourth-order valence-corrected chi connectivity index (χ4v) is 4.86. The SMILES string of the molecule is COc1ccc(C(=O)Nc2ccccc2C(=O)N[C@@H](CCSC)C(=O)Nc2c(C)n(C)n(-c3ccccc3)c2=O)cc1. The van der Waals surface area contributed by atoms with E-state index in [0.717, 1.165) is 0 Å². The molecule has 0 saturated carbocycles. The molecule has 3 N–H and O–H groups in total. The summed E-state index contributed by atoms with van der Waals surface area (Å²) >= 11 is 1.53. The molecule has 3 amide bonds. The van der Waals surface area contributed by atoms with Gasteiger partial charge in [0, 0.05) is 12.6 Å². The van der Waals surface area contributed by atoms with Gasteiger partial charge in [0.1, 0.15) is 17.5 Å². The zero-order valence-corrected chi connectivity index (χ0v) is 24.7. The van der Waals surface area contributed by atoms with Gasteiger partial charge in [-0.05, 0) is 73.9 Å². The van der Waals surface area contributed by atoms with Crippen LogP contribution in [0.4, 0.5) is 11.4 Å². The Hall–Kier alpha value is -4.77. The van der Waals surface area contributed by atoms with Crippen molar-refractivity contribution in [2.45, 2.75) is 19.4 Å². The van der Waals surface area contributed by atoms with Gasteiger partial charge >= 0.3 is 0 Å². The Bertz CT molecular complexity index is 1630. The lowest BCUT2D eigenvalue weighted by Gasteiger charge is -2.19. The van der Waals surface area contributed by atoms with E-state index in [0.29, 0.717) is 40.6 Å². The second-order valence-electron chi connectivity index (χ2n) is 9.46. The van der Waals surface area contributed by atoms with E-state index in [1.807, 2.05) is 24.5 Å². The fraction of sp³-hybridized carbons (Fsp3) is 0.226. The topological polar surface area (TPSA) is 123 Å². The van der Waals surface area contributed by atoms with Crippen molar-refractivity contribution in [3.05, 3.63) is 106 Å². The van der Waals surface area contributed by atoms with Crippen LogP contribution in [0.25, 0.3) is 5.69 Å². The zero-order valence-electron chi connectivity index (χ0n) is 23.8. The number of rotatable bonds is 11. The minimum absolute atomic E-state index is 0.141. The number of para-hydroxylation sites is 2. The second kappa shape index (κ2) is 13.7. The Labute approximate surface area is 248 Å². The van der Waals surface area contributed by atoms with E-state index in [1.54, 1.807) is 79.3 Å². The molecule has 4 aromatic rings. The van der Waals surface area contributed by atoms with Crippen molar-refractivity contribution < 1.29 is 19.1 Å². The van der Waals surface area contributed by atoms with Gasteiger partial charge in [0.25, 0.3) is 17.4 Å². The molecule has 11 heteroatoms. The summed E-state index contributed by atoms with van der Waals surface area (Å²) in [6.07, 6.45) is 2.23. The summed E-state index contributed by atoms with van der Waals surface area (Å²) in [6.45, 7) is 1.74. The first-order chi connectivity index (χ1) is 20.2. The average Bonchev–Trinajstić information content (AvgIpc) is 3.22. The lowest BCUT2D eigenvalue weighted by molar-refractivity contribution is -0.118. The third-order valence-corrected chi connectivity index (χ3v) is 7.45. The highest BCUT2D eigenvalue weighted by molar-refractivity contribution is 7.98. The van der Waals surface area contributed by atoms with E-state index in [4.69, 9.17) is 4.74 Å². The third-order valence-electron chi connectivity index (χ3n) is 6.81. The molecule has 1 atom stereocenters. The lowest BCUT2D eigenvalue weighted by atomic mass is 10.1. The molecular weight excluding hydrogens is 554 g/mol. The van der Waals surface area contributed by atoms with E-state index >= 15 is 0 Å². The van der Waals surface area contributed by atoms with Crippen molar-refractivity contribution in [2.75, 3.05) is 29.8 Å². The van der Waals surface area contributed by atoms with Crippen LogP contribution in [0.5, 0.6) is 5.75 Å². The number of aromatic nitrogens is 2. The summed E-state index contributed by atoms with van der Waals surface area (Å²) in [5.41, 5.74) is 1.88. The van der Waals surface area contributed by atoms with Gasteiger partial charge in [0.2, 0.25) is 5.91 Å². The van der Waals surface area contributed by atoms with Crippen molar-refractivity contribution in [3.63, 3.8) is 0 Å². The highest BCUT2D eigenvalue weighted by atomic mass is 32.2. The van der Waals surface area contributed by atoms with Gasteiger partial charge in [0.15, 0.2) is 0 Å². The molecule has 0 aliphatic rings. The number of anilines is 2. The highest BCUT2D eigenvalue weighted by Crippen LogP contribution is 2.19. The molecule has 0 fully saturated rings. The van der Waals surface area contributed by atoms with Gasteiger partial charge in [-0.2, -0.15) is 11.8 Å². The van der Waals surface area contributed by atoms with Crippen LogP contribution < -0.4 is 26.2 Å². The first kappa shape index (κ1) is 30.2. The van der Waals surface area contributed by atoms with E-state index in [-0.39, 0.29) is 16.8 Å². The maximum Gasteiger partial charge on any atom is 0.295 e. The summed E-state index contributed by atoms with van der Waals surface area (Å²) in [5.74, 6) is -0.234. The molecule has 0 bridgehead atoms. The molecular formula is C31H33N5O5S. The molecule has 0 radical (unpaired) electrons. The van der Waals surface area contributed by atoms with Crippen molar-refractivity contribution in [3.8, 4) is 11.4 Å². The van der Waals surface area contributed by atoms with E-state index < -0.39 is 23.8 Å². The molecule has 0 aliphatic heterocycles. The minimum atomic E-state index is -0.931. The zero-order chi connectivity index (χ0) is 30.2. The van der Waals surface area contributed by atoms with Crippen LogP contribution in [0, 0.1) is 6.92 Å². The molecule has 3 aromatic carbocycles. The number of carbonyl (C=O) groups excluding carboxylic acids is 3. The number of ether oxygens (including phenoxy) is 1. The average molecular weight is 588 g/mol. The van der Waals surface area contributed by atoms with E-state index in [9.17, 15) is 19.2 Å². The smallest absolute Gasteiger partial charge is 0.295 e. The van der Waals surface area contributed by atoms with Crippen LogP contribution in [0.1, 0.15) is 32.8 Å². The third kappa shape index (κ3) is 6.74. The van der Waals surface area contributed by atoms with E-state index in [2.05, 4.69) is 16.0 Å². The number of hydrogen-bond acceptors (Lipinski definition) is 6. The van der Waals surface area contributed by atoms with E-state index in [1.165, 1.54) is 23.6 Å². The quantitative estimate of drug-likeness (QED) is 0.241. The van der Waals surface area contributed by atoms with Crippen LogP contribution in [0.3, 0.4) is 0 Å². The Morgan fingerprint density at radius 3 is 2.24 bits per heavy atom. The Morgan fingerprint density at radius 2 is 1.57 bits per heavy atom. The second-order valence-corrected chi connectivity index (χ2v) is 10.4. The number of nitrogens with one attached hydrogen (secondary N) is 3. The number of amides is 3. The molecule has 4 rings (SSSR count). The molecule has 0 spiro atoms. The lowest BCUT2D eigenvalue weighted by Crippen LogP contribution is -2.45. The van der Waals surface area contributed by atoms with Crippen LogP contribution in [-0.2, 0) is 11.8 Å². The van der Waals surface area contributed by atoms with Gasteiger partial charge in [0.05, 0.1) is 29.7 Å². The highest BCUT2D eigenvalue weighted by Gasteiger charge is 2.26. The number of methoxy groups -OCH3 is 1. The summed E-state index contributed by atoms with van der Waals surface area (Å²) < 4.78 is 8.29. The maximum atomic E-state index is 13.5. The van der Waals surface area contributed by atoms with Crippen molar-refractivity contribution in [2.24, 2.45) is 7.05 Å². The van der Waals surface area contributed by atoms with Gasteiger partial charge in [-0.15, -0.1) is 0 Å². The maximum absolute atomic E-state index is 13.5. The summed E-state index contributed by atoms with van der Waals surface area (Å²) in [5, 5.41) is 8.33. The van der Waals surface area contributed by atoms with Crippen LogP contribution in [0.2, 0.25) is 0 Å². The number of thioether (sulfide) groups is 1. The molecule has 10 nitrogen and oxygen atoms in total. The first-order valence-electron chi connectivity index (χ1n) is 13.2. The normalized spacial score (nSPS) is 11.4. The first-order valence-corrected chi connectivity index (χ1v) is 14.6. The van der Waals surface area contributed by atoms with Crippen molar-refractivity contribution >= 4 is 40.9 Å². The van der Waals surface area contributed by atoms with Crippen LogP contribution >= 0.6 is 11.8 Å². The van der Waals surface area contributed by atoms with Gasteiger partial charge in [-0.1, -0.05) is 30.3 Å². The monoisotopic (exact) mass is 587 g/mol. The summed E-state index contributed by atoms with van der Waals surface area (Å²) in [4.78, 5) is 53.1. The van der Waals surface area contributed by atoms with Crippen molar-refractivity contribution in [1.29, 1.82) is 0 Å². The van der Waals surface area contributed by atoms with Gasteiger partial charge < -0.3 is 20.7 Å². The summed E-state index contributed by atoms with van der Waals surface area (Å²) in [7, 11) is 3.28. The number of nitrogens with zero attached hydrogens (tertiary/aromatic N) is 2. The molecule has 218 valence electrons. The molecule has 0 saturated heterocycles. The summed E-state index contributed by atoms with van der Waals surface area (Å²) in [6, 6.07) is 21.3. The molecule has 0 aliphatic carbocycles. The Balaban J connectivity index is 1.54. The molecule has 0 unspecified atom stereocenters. The van der Waals surface area contributed by atoms with Crippen molar-refractivity contribution in [1.82, 2.24) is 14.7 Å². The minimum Gasteiger partial charge on any atom is -0.497 e. The fourth-order valence-electron chi connectivity index (χ4n) is 4.39. The predicted molar refractivity (Wildman–Crippen MR) is 166 cm³/mol. The molecule has 42 heavy (non-hydrogen) atoms. The number of hydrogen-bond donors (Lipinski definition) is 3. The Kier molecular flexibility index (Phi) is 9.87. The molecule has 1 aromatic heterocycles. The predicted octanol–water partition coefficient (Wildman–Crippen LogP) is 4.24. The number of carbonyl (C=O) groups is 3.